The first-order valence-electron chi connectivity index (χ1n) is 12.9. The molecule has 2 aliphatic rings. The molecule has 1 saturated carbocycles. The zero-order chi connectivity index (χ0) is 26.0. The van der Waals surface area contributed by atoms with Crippen LogP contribution in [0.15, 0.2) is 12.7 Å². The van der Waals surface area contributed by atoms with E-state index in [4.69, 9.17) is 24.7 Å². The summed E-state index contributed by atoms with van der Waals surface area (Å²) in [5.74, 6) is -0.0437. The van der Waals surface area contributed by atoms with Crippen molar-refractivity contribution in [1.29, 1.82) is 0 Å². The van der Waals surface area contributed by atoms with Gasteiger partial charge in [-0.2, -0.15) is 0 Å². The lowest BCUT2D eigenvalue weighted by atomic mass is 9.76. The zero-order valence-corrected chi connectivity index (χ0v) is 22.2. The number of esters is 1. The predicted octanol–water partition coefficient (Wildman–Crippen LogP) is 2.91. The molecule has 1 aliphatic heterocycles. The number of nitrogen functional groups attached to an aromatic ring is 1. The van der Waals surface area contributed by atoms with Gasteiger partial charge in [0.1, 0.15) is 24.1 Å². The van der Waals surface area contributed by atoms with Gasteiger partial charge >= 0.3 is 5.97 Å². The Morgan fingerprint density at radius 1 is 1.28 bits per heavy atom. The highest BCUT2D eigenvalue weighted by Crippen LogP contribution is 2.40. The molecular formula is C25H40N6O5. The molecular weight excluding hydrogens is 464 g/mol. The summed E-state index contributed by atoms with van der Waals surface area (Å²) in [6.07, 6.45) is 5.46. The molecule has 36 heavy (non-hydrogen) atoms. The fraction of sp³-hybridized carbons (Fsp3) is 0.760. The second kappa shape index (κ2) is 11.0. The van der Waals surface area contributed by atoms with Crippen molar-refractivity contribution in [2.24, 2.45) is 5.92 Å². The Balaban J connectivity index is 1.47. The van der Waals surface area contributed by atoms with E-state index in [2.05, 4.69) is 33.7 Å². The smallest absolute Gasteiger partial charge is 0.305 e. The largest absolute Gasteiger partial charge is 0.466 e. The Morgan fingerprint density at radius 3 is 2.69 bits per heavy atom. The molecule has 3 atom stereocenters. The quantitative estimate of drug-likeness (QED) is 0.456. The van der Waals surface area contributed by atoms with E-state index in [0.29, 0.717) is 54.6 Å². The molecule has 11 heteroatoms. The van der Waals surface area contributed by atoms with Crippen molar-refractivity contribution in [2.75, 3.05) is 26.0 Å². The second-order valence-corrected chi connectivity index (χ2v) is 10.5. The molecule has 2 aromatic rings. The molecule has 0 aromatic carbocycles. The first-order chi connectivity index (χ1) is 17.1. The van der Waals surface area contributed by atoms with Gasteiger partial charge in [-0.1, -0.05) is 0 Å². The number of rotatable bonds is 11. The van der Waals surface area contributed by atoms with Gasteiger partial charge in [-0.25, -0.2) is 15.0 Å². The van der Waals surface area contributed by atoms with Gasteiger partial charge in [0.15, 0.2) is 23.5 Å². The number of hydrogen-bond acceptors (Lipinski definition) is 10. The maximum atomic E-state index is 11.7. The van der Waals surface area contributed by atoms with E-state index in [1.54, 1.807) is 13.4 Å². The molecule has 0 unspecified atom stereocenters. The molecule has 4 rings (SSSR count). The number of carbonyl (C=O) groups is 1. The minimum absolute atomic E-state index is 0.104. The number of carbonyl (C=O) groups excluding carboxylic acids is 1. The number of nitrogens with zero attached hydrogens (tertiary/aromatic N) is 5. The van der Waals surface area contributed by atoms with Gasteiger partial charge in [0, 0.05) is 32.2 Å². The van der Waals surface area contributed by atoms with Crippen LogP contribution < -0.4 is 5.73 Å². The molecule has 200 valence electrons. The fourth-order valence-corrected chi connectivity index (χ4v) is 5.37. The van der Waals surface area contributed by atoms with Gasteiger partial charge in [-0.05, 0) is 59.8 Å². The average molecular weight is 505 g/mol. The molecule has 2 N–H and O–H groups in total. The predicted molar refractivity (Wildman–Crippen MR) is 134 cm³/mol. The maximum Gasteiger partial charge on any atom is 0.305 e. The fourth-order valence-electron chi connectivity index (χ4n) is 5.37. The molecule has 0 radical (unpaired) electrons. The summed E-state index contributed by atoms with van der Waals surface area (Å²) in [4.78, 5) is 27.1. The zero-order valence-electron chi connectivity index (χ0n) is 22.2. The summed E-state index contributed by atoms with van der Waals surface area (Å²) in [6.45, 7) is 11.2. The van der Waals surface area contributed by atoms with Crippen LogP contribution in [0.3, 0.4) is 0 Å². The molecule has 0 bridgehead atoms. The molecule has 11 nitrogen and oxygen atoms in total. The average Bonchev–Trinajstić information content (AvgIpc) is 3.35. The molecule has 0 spiro atoms. The van der Waals surface area contributed by atoms with Gasteiger partial charge in [0.05, 0.1) is 12.9 Å². The number of aromatic nitrogens is 4. The van der Waals surface area contributed by atoms with Crippen molar-refractivity contribution in [2.45, 2.75) is 96.6 Å². The highest BCUT2D eigenvalue weighted by atomic mass is 16.8. The van der Waals surface area contributed by atoms with Crippen molar-refractivity contribution < 1.29 is 23.7 Å². The third-order valence-electron chi connectivity index (χ3n) is 7.23. The van der Waals surface area contributed by atoms with Crippen LogP contribution in [0.25, 0.3) is 11.2 Å². The standard InChI is InChI=1S/C25H40N6O5/c1-7-34-19(32)9-8-16-10-17(11-16)30(15(2)3)12-18(33-6)21-24(36-25(4,5)35-21)31-14-29-20-22(26)27-13-28-23(20)31/h13-18,21,24H,7-12H2,1-6H3,(H2,26,27,28)/t16-,17+,18-,21-,24-/m1/s1. The highest BCUT2D eigenvalue weighted by Gasteiger charge is 2.48. The van der Waals surface area contributed by atoms with E-state index in [-0.39, 0.29) is 18.2 Å². The monoisotopic (exact) mass is 504 g/mol. The normalized spacial score (nSPS) is 26.4. The third-order valence-corrected chi connectivity index (χ3v) is 7.23. The van der Waals surface area contributed by atoms with Crippen LogP contribution in [0, 0.1) is 5.92 Å². The van der Waals surface area contributed by atoms with Crippen LogP contribution in [0.1, 0.15) is 66.5 Å². The van der Waals surface area contributed by atoms with E-state index in [0.717, 1.165) is 19.3 Å². The minimum Gasteiger partial charge on any atom is -0.466 e. The number of fused-ring (bicyclic) bond motifs is 1. The topological polar surface area (TPSA) is 127 Å². The summed E-state index contributed by atoms with van der Waals surface area (Å²) in [7, 11) is 1.71. The van der Waals surface area contributed by atoms with Crippen LogP contribution in [0.5, 0.6) is 0 Å². The molecule has 1 aliphatic carbocycles. The van der Waals surface area contributed by atoms with Gasteiger partial charge in [-0.15, -0.1) is 0 Å². The highest BCUT2D eigenvalue weighted by molar-refractivity contribution is 5.81. The van der Waals surface area contributed by atoms with Gasteiger partial charge in [0.2, 0.25) is 0 Å². The Hall–Kier alpha value is -2.34. The van der Waals surface area contributed by atoms with E-state index >= 15 is 0 Å². The van der Waals surface area contributed by atoms with Crippen LogP contribution in [-0.2, 0) is 23.7 Å². The summed E-state index contributed by atoms with van der Waals surface area (Å²) in [6, 6.07) is 0.763. The van der Waals surface area contributed by atoms with Crippen molar-refractivity contribution in [3.8, 4) is 0 Å². The van der Waals surface area contributed by atoms with E-state index < -0.39 is 12.0 Å². The van der Waals surface area contributed by atoms with Gasteiger partial charge in [-0.3, -0.25) is 14.3 Å². The molecule has 2 aromatic heterocycles. The third kappa shape index (κ3) is 5.64. The number of nitrogens with two attached hydrogens (primary N) is 1. The van der Waals surface area contributed by atoms with Crippen molar-refractivity contribution in [3.63, 3.8) is 0 Å². The van der Waals surface area contributed by atoms with Gasteiger partial charge in [0.25, 0.3) is 0 Å². The lowest BCUT2D eigenvalue weighted by Gasteiger charge is -2.46. The number of imidazole rings is 1. The summed E-state index contributed by atoms with van der Waals surface area (Å²) >= 11 is 0. The molecule has 0 amide bonds. The van der Waals surface area contributed by atoms with E-state index in [9.17, 15) is 4.79 Å². The number of methoxy groups -OCH3 is 1. The molecule has 2 fully saturated rings. The minimum atomic E-state index is -0.807. The summed E-state index contributed by atoms with van der Waals surface area (Å²) < 4.78 is 25.7. The first kappa shape index (κ1) is 26.7. The number of anilines is 1. The lowest BCUT2D eigenvalue weighted by Crippen LogP contribution is -2.53. The molecule has 3 heterocycles. The Labute approximate surface area is 212 Å². The van der Waals surface area contributed by atoms with Crippen molar-refractivity contribution >= 4 is 23.0 Å². The Kier molecular flexibility index (Phi) is 8.13. The van der Waals surface area contributed by atoms with E-state index in [1.807, 2.05) is 25.3 Å². The van der Waals surface area contributed by atoms with E-state index in [1.165, 1.54) is 6.33 Å². The first-order valence-corrected chi connectivity index (χ1v) is 12.9. The number of ether oxygens (including phenoxy) is 4. The van der Waals surface area contributed by atoms with Crippen LogP contribution in [0.4, 0.5) is 5.82 Å². The summed E-state index contributed by atoms with van der Waals surface area (Å²) in [5.41, 5.74) is 7.13. The van der Waals surface area contributed by atoms with Crippen molar-refractivity contribution in [3.05, 3.63) is 12.7 Å². The van der Waals surface area contributed by atoms with Crippen molar-refractivity contribution in [1.82, 2.24) is 24.4 Å². The lowest BCUT2D eigenvalue weighted by molar-refractivity contribution is -0.163. The van der Waals surface area contributed by atoms with Crippen LogP contribution in [0.2, 0.25) is 0 Å². The van der Waals surface area contributed by atoms with Crippen LogP contribution >= 0.6 is 0 Å². The second-order valence-electron chi connectivity index (χ2n) is 10.5. The van der Waals surface area contributed by atoms with Crippen LogP contribution in [-0.4, -0.2) is 80.7 Å². The maximum absolute atomic E-state index is 11.7. The SMILES string of the molecule is CCOC(=O)CC[C@H]1C[C@@H](N(C[C@@H](OC)[C@H]2OC(C)(C)O[C@H]2n2cnc3c(N)ncnc32)C(C)C)C1. The number of hydrogen-bond donors (Lipinski definition) is 1. The Bertz CT molecular complexity index is 1040. The Morgan fingerprint density at radius 2 is 2.03 bits per heavy atom. The van der Waals surface area contributed by atoms with Gasteiger partial charge < -0.3 is 24.7 Å². The molecule has 1 saturated heterocycles. The summed E-state index contributed by atoms with van der Waals surface area (Å²) in [5, 5.41) is 0.